The molecular formula is C32H32F2N4O2. The molecular weight excluding hydrogens is 510 g/mol. The van der Waals surface area contributed by atoms with Crippen molar-refractivity contribution in [2.75, 3.05) is 6.54 Å². The van der Waals surface area contributed by atoms with Crippen molar-refractivity contribution in [3.8, 4) is 0 Å². The van der Waals surface area contributed by atoms with Crippen molar-refractivity contribution in [3.05, 3.63) is 102 Å². The van der Waals surface area contributed by atoms with Crippen molar-refractivity contribution in [2.24, 2.45) is 0 Å². The summed E-state index contributed by atoms with van der Waals surface area (Å²) < 4.78 is 31.7. The van der Waals surface area contributed by atoms with Gasteiger partial charge in [0.25, 0.3) is 0 Å². The number of para-hydroxylation sites is 2. The predicted octanol–water partition coefficient (Wildman–Crippen LogP) is 5.63. The standard InChI is InChI=1S/C32H32F2N4O2/c1-20(38-19-35-26-10-6-7-11-27(26)38)31(40)37-18-23(33)17-28(37)30(39)36-29(21-8-4-3-5-9-21)22-12-13-24(25(34)16-22)32(2)14-15-32/h3-13,16,19-20,23,28-29H,14-15,17-18H2,1-2H3,(H,36,39)/t20?,23-,28+,29+/m1/s1. The molecule has 1 aliphatic heterocycles. The molecule has 1 aromatic heterocycles. The number of imidazole rings is 1. The summed E-state index contributed by atoms with van der Waals surface area (Å²) in [6.45, 7) is 3.62. The predicted molar refractivity (Wildman–Crippen MR) is 149 cm³/mol. The van der Waals surface area contributed by atoms with Crippen LogP contribution in [0.5, 0.6) is 0 Å². The number of aromatic nitrogens is 2. The minimum absolute atomic E-state index is 0.0951. The Morgan fingerprint density at radius 2 is 1.75 bits per heavy atom. The van der Waals surface area contributed by atoms with Gasteiger partial charge in [0.2, 0.25) is 11.8 Å². The zero-order valence-corrected chi connectivity index (χ0v) is 22.6. The molecule has 3 aromatic carbocycles. The molecule has 4 atom stereocenters. The molecule has 2 heterocycles. The van der Waals surface area contributed by atoms with Gasteiger partial charge in [0.05, 0.1) is 29.9 Å². The summed E-state index contributed by atoms with van der Waals surface area (Å²) in [5, 5.41) is 3.02. The summed E-state index contributed by atoms with van der Waals surface area (Å²) >= 11 is 0. The summed E-state index contributed by atoms with van der Waals surface area (Å²) in [4.78, 5) is 33.1. The van der Waals surface area contributed by atoms with Crippen LogP contribution < -0.4 is 5.32 Å². The molecule has 6 nitrogen and oxygen atoms in total. The minimum atomic E-state index is -1.32. The average Bonchev–Trinajstić information content (AvgIpc) is 3.38. The number of rotatable bonds is 7. The van der Waals surface area contributed by atoms with Crippen LogP contribution in [0.4, 0.5) is 8.78 Å². The number of likely N-dealkylation sites (tertiary alicyclic amines) is 1. The van der Waals surface area contributed by atoms with Crippen molar-refractivity contribution in [1.82, 2.24) is 19.8 Å². The van der Waals surface area contributed by atoms with E-state index in [0.29, 0.717) is 11.1 Å². The van der Waals surface area contributed by atoms with Crippen LogP contribution in [-0.2, 0) is 15.0 Å². The first kappa shape index (κ1) is 26.2. The molecule has 1 unspecified atom stereocenters. The highest BCUT2D eigenvalue weighted by Gasteiger charge is 2.43. The lowest BCUT2D eigenvalue weighted by molar-refractivity contribution is -0.140. The van der Waals surface area contributed by atoms with Crippen molar-refractivity contribution in [1.29, 1.82) is 0 Å². The molecule has 0 radical (unpaired) electrons. The van der Waals surface area contributed by atoms with Gasteiger partial charge >= 0.3 is 0 Å². The van der Waals surface area contributed by atoms with Gasteiger partial charge in [0, 0.05) is 6.42 Å². The number of halogens is 2. The fourth-order valence-electron chi connectivity index (χ4n) is 5.82. The molecule has 2 fully saturated rings. The van der Waals surface area contributed by atoms with Crippen LogP contribution in [0, 0.1) is 5.82 Å². The fraction of sp³-hybridized carbons (Fsp3) is 0.344. The van der Waals surface area contributed by atoms with Crippen LogP contribution in [0.15, 0.2) is 79.1 Å². The number of carbonyl (C=O) groups is 2. The van der Waals surface area contributed by atoms with Gasteiger partial charge in [-0.3, -0.25) is 9.59 Å². The second-order valence-corrected chi connectivity index (χ2v) is 11.3. The molecule has 0 spiro atoms. The smallest absolute Gasteiger partial charge is 0.246 e. The monoisotopic (exact) mass is 542 g/mol. The highest BCUT2D eigenvalue weighted by molar-refractivity contribution is 5.91. The Kier molecular flexibility index (Phi) is 6.64. The molecule has 1 saturated carbocycles. The largest absolute Gasteiger partial charge is 0.343 e. The second-order valence-electron chi connectivity index (χ2n) is 11.3. The SMILES string of the molecule is CC(C(=O)N1C[C@H](F)C[C@H]1C(=O)N[C@@H](c1ccccc1)c1ccc(C2(C)CC2)c(F)c1)n1cnc2ccccc21. The average molecular weight is 543 g/mol. The highest BCUT2D eigenvalue weighted by Crippen LogP contribution is 2.48. The summed E-state index contributed by atoms with van der Waals surface area (Å²) in [5.74, 6) is -1.12. The van der Waals surface area contributed by atoms with Gasteiger partial charge in [-0.2, -0.15) is 0 Å². The fourth-order valence-corrected chi connectivity index (χ4v) is 5.82. The highest BCUT2D eigenvalue weighted by atomic mass is 19.1. The molecule has 0 bridgehead atoms. The van der Waals surface area contributed by atoms with E-state index in [4.69, 9.17) is 0 Å². The lowest BCUT2D eigenvalue weighted by Gasteiger charge is -2.29. The second kappa shape index (κ2) is 10.2. The molecule has 8 heteroatoms. The van der Waals surface area contributed by atoms with Crippen LogP contribution >= 0.6 is 0 Å². The topological polar surface area (TPSA) is 67.2 Å². The molecule has 1 N–H and O–H groups in total. The maximum atomic E-state index is 15.2. The van der Waals surface area contributed by atoms with E-state index < -0.39 is 30.2 Å². The van der Waals surface area contributed by atoms with Gasteiger partial charge in [-0.15, -0.1) is 0 Å². The lowest BCUT2D eigenvalue weighted by atomic mass is 9.92. The Hall–Kier alpha value is -4.07. The zero-order valence-electron chi connectivity index (χ0n) is 22.6. The number of amides is 2. The summed E-state index contributed by atoms with van der Waals surface area (Å²) in [6, 6.07) is 19.6. The van der Waals surface area contributed by atoms with Crippen LogP contribution in [0.25, 0.3) is 11.0 Å². The number of alkyl halides is 1. The molecule has 2 aliphatic rings. The van der Waals surface area contributed by atoms with Crippen LogP contribution in [0.3, 0.4) is 0 Å². The number of fused-ring (bicyclic) bond motifs is 1. The van der Waals surface area contributed by atoms with E-state index in [2.05, 4.69) is 10.3 Å². The Bertz CT molecular complexity index is 1570. The Balaban J connectivity index is 1.27. The third kappa shape index (κ3) is 4.76. The Morgan fingerprint density at radius 1 is 1.02 bits per heavy atom. The van der Waals surface area contributed by atoms with Gasteiger partial charge in [-0.05, 0) is 60.1 Å². The first-order valence-corrected chi connectivity index (χ1v) is 13.8. The van der Waals surface area contributed by atoms with Gasteiger partial charge in [-0.25, -0.2) is 13.8 Å². The van der Waals surface area contributed by atoms with Crippen molar-refractivity contribution >= 4 is 22.8 Å². The quantitative estimate of drug-likeness (QED) is 0.329. The maximum absolute atomic E-state index is 15.2. The lowest BCUT2D eigenvalue weighted by Crippen LogP contribution is -2.48. The third-order valence-corrected chi connectivity index (χ3v) is 8.49. The number of carbonyl (C=O) groups excluding carboxylic acids is 2. The van der Waals surface area contributed by atoms with Crippen molar-refractivity contribution < 1.29 is 18.4 Å². The summed E-state index contributed by atoms with van der Waals surface area (Å²) in [6.07, 6.45) is 2.08. The van der Waals surface area contributed by atoms with Gasteiger partial charge in [0.1, 0.15) is 24.1 Å². The van der Waals surface area contributed by atoms with Gasteiger partial charge in [-0.1, -0.05) is 61.5 Å². The first-order valence-electron chi connectivity index (χ1n) is 13.8. The zero-order chi connectivity index (χ0) is 28.0. The Morgan fingerprint density at radius 3 is 2.48 bits per heavy atom. The minimum Gasteiger partial charge on any atom is -0.343 e. The van der Waals surface area contributed by atoms with E-state index in [0.717, 1.165) is 29.4 Å². The van der Waals surface area contributed by atoms with Crippen molar-refractivity contribution in [3.63, 3.8) is 0 Å². The molecule has 2 amide bonds. The van der Waals surface area contributed by atoms with E-state index in [1.54, 1.807) is 23.9 Å². The number of nitrogens with zero attached hydrogens (tertiary/aromatic N) is 3. The molecule has 206 valence electrons. The van der Waals surface area contributed by atoms with E-state index in [1.807, 2.05) is 67.6 Å². The van der Waals surface area contributed by atoms with Crippen molar-refractivity contribution in [2.45, 2.75) is 62.8 Å². The number of benzene rings is 3. The number of hydrogen-bond acceptors (Lipinski definition) is 3. The number of hydrogen-bond donors (Lipinski definition) is 1. The molecule has 1 aliphatic carbocycles. The van der Waals surface area contributed by atoms with E-state index in [1.165, 1.54) is 11.0 Å². The van der Waals surface area contributed by atoms with Crippen LogP contribution in [0.2, 0.25) is 0 Å². The maximum Gasteiger partial charge on any atom is 0.246 e. The molecule has 6 rings (SSSR count). The van der Waals surface area contributed by atoms with E-state index in [-0.39, 0.29) is 30.1 Å². The Labute approximate surface area is 232 Å². The van der Waals surface area contributed by atoms with Gasteiger partial charge in [0.15, 0.2) is 0 Å². The third-order valence-electron chi connectivity index (χ3n) is 8.49. The summed E-state index contributed by atoms with van der Waals surface area (Å²) in [7, 11) is 0. The van der Waals surface area contributed by atoms with E-state index in [9.17, 15) is 14.0 Å². The number of nitrogens with one attached hydrogen (secondary N) is 1. The molecule has 4 aromatic rings. The molecule has 40 heavy (non-hydrogen) atoms. The molecule has 1 saturated heterocycles. The van der Waals surface area contributed by atoms with Gasteiger partial charge < -0.3 is 14.8 Å². The first-order chi connectivity index (χ1) is 19.2. The van der Waals surface area contributed by atoms with Crippen LogP contribution in [0.1, 0.15) is 61.9 Å². The normalized spacial score (nSPS) is 21.2. The summed E-state index contributed by atoms with van der Waals surface area (Å²) in [5.41, 5.74) is 3.45. The van der Waals surface area contributed by atoms with Crippen LogP contribution in [-0.4, -0.2) is 45.0 Å². The van der Waals surface area contributed by atoms with E-state index >= 15 is 4.39 Å².